The number of para-hydroxylation sites is 1. The molecular formula is C20H23NO2. The highest BCUT2D eigenvalue weighted by atomic mass is 16.5. The number of nitrogens with one attached hydrogen (secondary N) is 1. The fourth-order valence-corrected chi connectivity index (χ4v) is 3.76. The normalized spacial score (nSPS) is 21.3. The Hall–Kier alpha value is -1.84. The van der Waals surface area contributed by atoms with Gasteiger partial charge in [0.05, 0.1) is 6.61 Å². The molecule has 1 heterocycles. The van der Waals surface area contributed by atoms with Crippen LogP contribution in [0.1, 0.15) is 48.4 Å². The van der Waals surface area contributed by atoms with Gasteiger partial charge in [-0.2, -0.15) is 0 Å². The van der Waals surface area contributed by atoms with Crippen LogP contribution in [0.3, 0.4) is 0 Å². The summed E-state index contributed by atoms with van der Waals surface area (Å²) in [5, 5.41) is 13.0. The lowest BCUT2D eigenvalue weighted by molar-refractivity contribution is -0.0371. The van der Waals surface area contributed by atoms with Crippen molar-refractivity contribution >= 4 is 0 Å². The fourth-order valence-electron chi connectivity index (χ4n) is 3.76. The van der Waals surface area contributed by atoms with E-state index in [0.717, 1.165) is 24.3 Å². The standard InChI is InChI=1S/C20H23NO2/c22-14-16-6-3-5-15(11-16)13-21-18-12-20(9-4-10-20)23-19-8-2-1-7-17(18)19/h1-3,5-8,11,18,21-22H,4,9-10,12-14H2/t18-/m0/s1. The summed E-state index contributed by atoms with van der Waals surface area (Å²) < 4.78 is 6.30. The molecule has 1 fully saturated rings. The molecule has 1 aliphatic carbocycles. The van der Waals surface area contributed by atoms with Gasteiger partial charge in [0, 0.05) is 24.6 Å². The van der Waals surface area contributed by atoms with Gasteiger partial charge in [0.1, 0.15) is 11.4 Å². The van der Waals surface area contributed by atoms with Crippen LogP contribution in [-0.4, -0.2) is 10.7 Å². The monoisotopic (exact) mass is 309 g/mol. The molecule has 3 nitrogen and oxygen atoms in total. The van der Waals surface area contributed by atoms with Gasteiger partial charge in [-0.15, -0.1) is 0 Å². The molecule has 1 aliphatic heterocycles. The van der Waals surface area contributed by atoms with Gasteiger partial charge in [0.25, 0.3) is 0 Å². The highest BCUT2D eigenvalue weighted by Crippen LogP contribution is 2.48. The Bertz CT molecular complexity index is 694. The zero-order chi connectivity index (χ0) is 15.7. The number of benzene rings is 2. The number of fused-ring (bicyclic) bond motifs is 1. The largest absolute Gasteiger partial charge is 0.487 e. The summed E-state index contributed by atoms with van der Waals surface area (Å²) in [6.07, 6.45) is 4.65. The van der Waals surface area contributed by atoms with Crippen LogP contribution in [-0.2, 0) is 13.2 Å². The predicted molar refractivity (Wildman–Crippen MR) is 90.2 cm³/mol. The highest BCUT2D eigenvalue weighted by molar-refractivity contribution is 5.39. The Labute approximate surface area is 137 Å². The van der Waals surface area contributed by atoms with Crippen LogP contribution in [0, 0.1) is 0 Å². The van der Waals surface area contributed by atoms with Crippen LogP contribution < -0.4 is 10.1 Å². The first kappa shape index (κ1) is 14.7. The van der Waals surface area contributed by atoms with Crippen LogP contribution in [0.2, 0.25) is 0 Å². The lowest BCUT2D eigenvalue weighted by Crippen LogP contribution is -2.49. The summed E-state index contributed by atoms with van der Waals surface area (Å²) in [4.78, 5) is 0. The van der Waals surface area contributed by atoms with Crippen molar-refractivity contribution in [3.05, 3.63) is 65.2 Å². The number of rotatable bonds is 4. The van der Waals surface area contributed by atoms with E-state index in [1.807, 2.05) is 12.1 Å². The SMILES string of the molecule is OCc1cccc(CN[C@H]2CC3(CCC3)Oc3ccccc32)c1. The maximum absolute atomic E-state index is 9.28. The third kappa shape index (κ3) is 2.87. The maximum Gasteiger partial charge on any atom is 0.124 e. The summed E-state index contributed by atoms with van der Waals surface area (Å²) in [6.45, 7) is 0.903. The van der Waals surface area contributed by atoms with Gasteiger partial charge in [-0.05, 0) is 36.5 Å². The average Bonchev–Trinajstić information content (AvgIpc) is 2.58. The Morgan fingerprint density at radius 2 is 1.91 bits per heavy atom. The van der Waals surface area contributed by atoms with Crippen LogP contribution in [0.5, 0.6) is 5.75 Å². The number of hydrogen-bond donors (Lipinski definition) is 2. The lowest BCUT2D eigenvalue weighted by atomic mass is 9.73. The molecule has 120 valence electrons. The molecule has 2 aliphatic rings. The van der Waals surface area contributed by atoms with Crippen molar-refractivity contribution in [3.63, 3.8) is 0 Å². The topological polar surface area (TPSA) is 41.5 Å². The van der Waals surface area contributed by atoms with Crippen molar-refractivity contribution in [2.45, 2.75) is 50.5 Å². The van der Waals surface area contributed by atoms with Crippen LogP contribution in [0.25, 0.3) is 0 Å². The smallest absolute Gasteiger partial charge is 0.124 e. The van der Waals surface area contributed by atoms with Crippen molar-refractivity contribution in [2.75, 3.05) is 0 Å². The molecule has 23 heavy (non-hydrogen) atoms. The maximum atomic E-state index is 9.28. The lowest BCUT2D eigenvalue weighted by Gasteiger charge is -2.48. The zero-order valence-electron chi connectivity index (χ0n) is 13.3. The first-order valence-corrected chi connectivity index (χ1v) is 8.48. The fraction of sp³-hybridized carbons (Fsp3) is 0.400. The Morgan fingerprint density at radius 1 is 1.09 bits per heavy atom. The molecule has 3 heteroatoms. The molecule has 0 bridgehead atoms. The summed E-state index contributed by atoms with van der Waals surface area (Å²) in [6, 6.07) is 16.9. The van der Waals surface area contributed by atoms with E-state index in [2.05, 4.69) is 41.7 Å². The van der Waals surface area contributed by atoms with Crippen molar-refractivity contribution < 1.29 is 9.84 Å². The van der Waals surface area contributed by atoms with Gasteiger partial charge in [-0.3, -0.25) is 0 Å². The van der Waals surface area contributed by atoms with E-state index in [9.17, 15) is 5.11 Å². The van der Waals surface area contributed by atoms with Crippen molar-refractivity contribution in [3.8, 4) is 5.75 Å². The zero-order valence-corrected chi connectivity index (χ0v) is 13.3. The summed E-state index contributed by atoms with van der Waals surface area (Å²) in [5.74, 6) is 1.04. The minimum atomic E-state index is 0.0545. The van der Waals surface area contributed by atoms with Crippen LogP contribution in [0.15, 0.2) is 48.5 Å². The van der Waals surface area contributed by atoms with Crippen molar-refractivity contribution in [2.24, 2.45) is 0 Å². The van der Waals surface area contributed by atoms with E-state index in [-0.39, 0.29) is 12.2 Å². The Balaban J connectivity index is 1.53. The number of ether oxygens (including phenoxy) is 1. The summed E-state index contributed by atoms with van der Waals surface area (Å²) in [7, 11) is 0. The van der Waals surface area contributed by atoms with E-state index in [1.54, 1.807) is 0 Å². The molecule has 2 aromatic rings. The minimum absolute atomic E-state index is 0.0545. The molecule has 2 N–H and O–H groups in total. The second kappa shape index (κ2) is 5.99. The van der Waals surface area contributed by atoms with Crippen molar-refractivity contribution in [1.29, 1.82) is 0 Å². The highest BCUT2D eigenvalue weighted by Gasteiger charge is 2.45. The molecule has 0 amide bonds. The third-order valence-corrected chi connectivity index (χ3v) is 5.19. The summed E-state index contributed by atoms with van der Waals surface area (Å²) in [5.41, 5.74) is 3.50. The Morgan fingerprint density at radius 3 is 2.70 bits per heavy atom. The van der Waals surface area contributed by atoms with Crippen LogP contribution in [0.4, 0.5) is 0 Å². The Kier molecular flexibility index (Phi) is 3.83. The average molecular weight is 309 g/mol. The molecule has 0 saturated heterocycles. The van der Waals surface area contributed by atoms with E-state index >= 15 is 0 Å². The predicted octanol–water partition coefficient (Wildman–Crippen LogP) is 3.72. The number of aliphatic hydroxyl groups is 1. The molecule has 0 aromatic heterocycles. The number of aliphatic hydroxyl groups excluding tert-OH is 1. The molecule has 2 aromatic carbocycles. The first-order valence-electron chi connectivity index (χ1n) is 8.48. The molecule has 1 saturated carbocycles. The van der Waals surface area contributed by atoms with E-state index in [4.69, 9.17) is 4.74 Å². The quantitative estimate of drug-likeness (QED) is 0.904. The van der Waals surface area contributed by atoms with E-state index in [0.29, 0.717) is 6.04 Å². The molecule has 4 rings (SSSR count). The van der Waals surface area contributed by atoms with Gasteiger partial charge in [0.15, 0.2) is 0 Å². The van der Waals surface area contributed by atoms with Gasteiger partial charge in [-0.1, -0.05) is 42.5 Å². The molecule has 1 spiro atoms. The van der Waals surface area contributed by atoms with Gasteiger partial charge >= 0.3 is 0 Å². The molecule has 0 unspecified atom stereocenters. The van der Waals surface area contributed by atoms with Gasteiger partial charge < -0.3 is 15.2 Å². The first-order chi connectivity index (χ1) is 11.3. The molecule has 1 atom stereocenters. The van der Waals surface area contributed by atoms with Gasteiger partial charge in [-0.25, -0.2) is 0 Å². The van der Waals surface area contributed by atoms with E-state index < -0.39 is 0 Å². The van der Waals surface area contributed by atoms with E-state index in [1.165, 1.54) is 30.4 Å². The number of hydrogen-bond acceptors (Lipinski definition) is 3. The molecule has 0 radical (unpaired) electrons. The van der Waals surface area contributed by atoms with Crippen molar-refractivity contribution in [1.82, 2.24) is 5.32 Å². The third-order valence-electron chi connectivity index (χ3n) is 5.19. The summed E-state index contributed by atoms with van der Waals surface area (Å²) >= 11 is 0. The second-order valence-electron chi connectivity index (χ2n) is 6.79. The second-order valence-corrected chi connectivity index (χ2v) is 6.79. The molecular weight excluding hydrogens is 286 g/mol. The van der Waals surface area contributed by atoms with Crippen LogP contribution >= 0.6 is 0 Å². The minimum Gasteiger partial charge on any atom is -0.487 e. The van der Waals surface area contributed by atoms with Gasteiger partial charge in [0.2, 0.25) is 0 Å².